The summed E-state index contributed by atoms with van der Waals surface area (Å²) in [6, 6.07) is 28.2. The van der Waals surface area contributed by atoms with Crippen molar-refractivity contribution >= 4 is 10.9 Å². The lowest BCUT2D eigenvalue weighted by atomic mass is 9.99. The Bertz CT molecular complexity index is 1110. The predicted molar refractivity (Wildman–Crippen MR) is 118 cm³/mol. The lowest BCUT2D eigenvalue weighted by Gasteiger charge is -2.12. The molecular weight excluding hydrogens is 358 g/mol. The van der Waals surface area contributed by atoms with Crippen molar-refractivity contribution in [2.24, 2.45) is 0 Å². The summed E-state index contributed by atoms with van der Waals surface area (Å²) >= 11 is 0. The number of ether oxygens (including phenoxy) is 2. The number of hydrogen-bond donors (Lipinski definition) is 0. The molecule has 0 fully saturated rings. The molecule has 3 nitrogen and oxygen atoms in total. The van der Waals surface area contributed by atoms with Crippen LogP contribution in [0.3, 0.4) is 0 Å². The Morgan fingerprint density at radius 2 is 1.55 bits per heavy atom. The summed E-state index contributed by atoms with van der Waals surface area (Å²) in [5, 5.41) is 1.13. The fraction of sp³-hybridized carbons (Fsp3) is 0.192. The summed E-state index contributed by atoms with van der Waals surface area (Å²) in [6.45, 7) is 4.84. The van der Waals surface area contributed by atoms with Crippen molar-refractivity contribution < 1.29 is 9.47 Å². The molecule has 0 N–H and O–H groups in total. The largest absolute Gasteiger partial charge is 0.487 e. The lowest BCUT2D eigenvalue weighted by Crippen LogP contribution is -1.98. The summed E-state index contributed by atoms with van der Waals surface area (Å²) in [5.41, 5.74) is 3.17. The highest BCUT2D eigenvalue weighted by molar-refractivity contribution is 5.78. The van der Waals surface area contributed by atoms with E-state index in [1.807, 2.05) is 60.7 Å². The summed E-state index contributed by atoms with van der Waals surface area (Å²) in [4.78, 5) is 4.66. The van der Waals surface area contributed by atoms with Gasteiger partial charge in [-0.25, -0.2) is 4.98 Å². The fourth-order valence-corrected chi connectivity index (χ4v) is 3.23. The lowest BCUT2D eigenvalue weighted by molar-refractivity contribution is 0.300. The summed E-state index contributed by atoms with van der Waals surface area (Å²) < 4.78 is 12.0. The molecule has 0 aliphatic rings. The number of aromatic nitrogens is 1. The average molecular weight is 383 g/mol. The van der Waals surface area contributed by atoms with Gasteiger partial charge in [-0.15, -0.1) is 0 Å². The van der Waals surface area contributed by atoms with Crippen LogP contribution in [0.4, 0.5) is 0 Å². The normalized spacial score (nSPS) is 11.9. The van der Waals surface area contributed by atoms with Crippen molar-refractivity contribution in [3.8, 4) is 17.2 Å². The van der Waals surface area contributed by atoms with E-state index < -0.39 is 0 Å². The number of fused-ring (bicyclic) bond motifs is 1. The molecule has 4 aromatic rings. The highest BCUT2D eigenvalue weighted by Gasteiger charge is 2.06. The molecule has 0 amide bonds. The van der Waals surface area contributed by atoms with Crippen molar-refractivity contribution in [2.45, 2.75) is 32.8 Å². The first-order chi connectivity index (χ1) is 14.2. The monoisotopic (exact) mass is 383 g/mol. The molecule has 1 aromatic heterocycles. The highest BCUT2D eigenvalue weighted by Crippen LogP contribution is 2.28. The fourth-order valence-electron chi connectivity index (χ4n) is 3.23. The Morgan fingerprint density at radius 3 is 2.41 bits per heavy atom. The molecule has 1 unspecified atom stereocenters. The minimum atomic E-state index is 0.414. The standard InChI is InChI=1S/C26H25NO2/c1-3-19(2)21-9-6-11-24(16-21)29-25-12-7-10-23(17-25)28-18-22-15-14-20-8-4-5-13-26(20)27-22/h4-17,19H,3,18H2,1-2H3. The maximum atomic E-state index is 6.07. The van der Waals surface area contributed by atoms with Crippen LogP contribution in [0, 0.1) is 0 Å². The van der Waals surface area contributed by atoms with Gasteiger partial charge in [-0.1, -0.05) is 56.3 Å². The zero-order valence-electron chi connectivity index (χ0n) is 16.8. The molecule has 0 bridgehead atoms. The number of hydrogen-bond acceptors (Lipinski definition) is 3. The molecule has 0 spiro atoms. The summed E-state index contributed by atoms with van der Waals surface area (Å²) in [5.74, 6) is 2.88. The van der Waals surface area contributed by atoms with Gasteiger partial charge >= 0.3 is 0 Å². The van der Waals surface area contributed by atoms with Crippen molar-refractivity contribution in [2.75, 3.05) is 0 Å². The number of rotatable bonds is 7. The Hall–Kier alpha value is -3.33. The molecule has 0 aliphatic heterocycles. The molecule has 1 atom stereocenters. The molecule has 0 radical (unpaired) electrons. The van der Waals surface area contributed by atoms with E-state index in [4.69, 9.17) is 9.47 Å². The quantitative estimate of drug-likeness (QED) is 0.340. The van der Waals surface area contributed by atoms with Crippen molar-refractivity contribution in [3.63, 3.8) is 0 Å². The van der Waals surface area contributed by atoms with Crippen LogP contribution in [-0.2, 0) is 6.61 Å². The topological polar surface area (TPSA) is 31.4 Å². The van der Waals surface area contributed by atoms with Crippen LogP contribution in [0.1, 0.15) is 37.4 Å². The van der Waals surface area contributed by atoms with Gasteiger partial charge in [-0.3, -0.25) is 0 Å². The predicted octanol–water partition coefficient (Wildman–Crippen LogP) is 7.12. The molecule has 1 heterocycles. The van der Waals surface area contributed by atoms with Crippen LogP contribution >= 0.6 is 0 Å². The molecule has 0 aliphatic carbocycles. The molecule has 146 valence electrons. The second-order valence-electron chi connectivity index (χ2n) is 7.24. The first-order valence-corrected chi connectivity index (χ1v) is 10.1. The van der Waals surface area contributed by atoms with Crippen LogP contribution in [0.5, 0.6) is 17.2 Å². The molecule has 3 aromatic carbocycles. The first kappa shape index (κ1) is 19.0. The van der Waals surface area contributed by atoms with Crippen molar-refractivity contribution in [1.29, 1.82) is 0 Å². The Kier molecular flexibility index (Phi) is 5.76. The number of para-hydroxylation sites is 1. The Morgan fingerprint density at radius 1 is 0.793 bits per heavy atom. The molecule has 0 saturated carbocycles. The van der Waals surface area contributed by atoms with Gasteiger partial charge in [0.1, 0.15) is 23.9 Å². The highest BCUT2D eigenvalue weighted by atomic mass is 16.5. The SMILES string of the molecule is CCC(C)c1cccc(Oc2cccc(OCc3ccc4ccccc4n3)c2)c1. The average Bonchev–Trinajstić information content (AvgIpc) is 2.77. The molecular formula is C26H25NO2. The van der Waals surface area contributed by atoms with E-state index in [9.17, 15) is 0 Å². The summed E-state index contributed by atoms with van der Waals surface area (Å²) in [7, 11) is 0. The van der Waals surface area contributed by atoms with Crippen molar-refractivity contribution in [1.82, 2.24) is 4.98 Å². The number of benzene rings is 3. The smallest absolute Gasteiger partial charge is 0.131 e. The maximum absolute atomic E-state index is 6.07. The van der Waals surface area contributed by atoms with E-state index in [0.717, 1.165) is 40.3 Å². The molecule has 29 heavy (non-hydrogen) atoms. The van der Waals surface area contributed by atoms with Crippen molar-refractivity contribution in [3.05, 3.63) is 96.2 Å². The van der Waals surface area contributed by atoms with E-state index in [2.05, 4.69) is 43.1 Å². The minimum absolute atomic E-state index is 0.414. The van der Waals surface area contributed by atoms with Crippen LogP contribution in [-0.4, -0.2) is 4.98 Å². The van der Waals surface area contributed by atoms with E-state index in [1.54, 1.807) is 0 Å². The minimum Gasteiger partial charge on any atom is -0.487 e. The van der Waals surface area contributed by atoms with Gasteiger partial charge in [-0.2, -0.15) is 0 Å². The van der Waals surface area contributed by atoms with E-state index in [-0.39, 0.29) is 0 Å². The van der Waals surface area contributed by atoms with Crippen LogP contribution < -0.4 is 9.47 Å². The van der Waals surface area contributed by atoms with Crippen LogP contribution in [0.15, 0.2) is 84.9 Å². The van der Waals surface area contributed by atoms with Crippen LogP contribution in [0.2, 0.25) is 0 Å². The van der Waals surface area contributed by atoms with Gasteiger partial charge in [0.05, 0.1) is 11.2 Å². The Labute approximate surface area is 171 Å². The zero-order chi connectivity index (χ0) is 20.1. The summed E-state index contributed by atoms with van der Waals surface area (Å²) in [6.07, 6.45) is 1.11. The first-order valence-electron chi connectivity index (χ1n) is 10.1. The molecule has 3 heteroatoms. The molecule has 4 rings (SSSR count). The van der Waals surface area contributed by atoms with E-state index in [1.165, 1.54) is 5.56 Å². The maximum Gasteiger partial charge on any atom is 0.131 e. The van der Waals surface area contributed by atoms with E-state index >= 15 is 0 Å². The van der Waals surface area contributed by atoms with Gasteiger partial charge in [0.25, 0.3) is 0 Å². The second-order valence-corrected chi connectivity index (χ2v) is 7.24. The Balaban J connectivity index is 1.44. The van der Waals surface area contributed by atoms with Gasteiger partial charge in [0.2, 0.25) is 0 Å². The van der Waals surface area contributed by atoms with Gasteiger partial charge < -0.3 is 9.47 Å². The number of pyridine rings is 1. The van der Waals surface area contributed by atoms with Gasteiger partial charge in [0, 0.05) is 11.5 Å². The zero-order valence-corrected chi connectivity index (χ0v) is 16.8. The third-order valence-electron chi connectivity index (χ3n) is 5.12. The van der Waals surface area contributed by atoms with Gasteiger partial charge in [-0.05, 0) is 54.3 Å². The molecule has 0 saturated heterocycles. The third kappa shape index (κ3) is 4.75. The van der Waals surface area contributed by atoms with Gasteiger partial charge in [0.15, 0.2) is 0 Å². The second kappa shape index (κ2) is 8.78. The third-order valence-corrected chi connectivity index (χ3v) is 5.12. The van der Waals surface area contributed by atoms with Crippen LogP contribution in [0.25, 0.3) is 10.9 Å². The number of nitrogens with zero attached hydrogens (tertiary/aromatic N) is 1. The van der Waals surface area contributed by atoms with E-state index in [0.29, 0.717) is 12.5 Å².